The first-order chi connectivity index (χ1) is 11.7. The molecule has 126 valence electrons. The molecule has 1 aromatic carbocycles. The van der Waals surface area contributed by atoms with Crippen LogP contribution in [0.25, 0.3) is 11.3 Å². The lowest BCUT2D eigenvalue weighted by molar-refractivity contribution is 0.0910. The molecule has 0 aliphatic carbocycles. The van der Waals surface area contributed by atoms with Gasteiger partial charge in [-0.1, -0.05) is 6.42 Å². The van der Waals surface area contributed by atoms with Gasteiger partial charge < -0.3 is 5.32 Å². The van der Waals surface area contributed by atoms with Crippen molar-refractivity contribution < 1.29 is 9.18 Å². The molecule has 0 spiro atoms. The molecule has 2 aliphatic heterocycles. The summed E-state index contributed by atoms with van der Waals surface area (Å²) in [5, 5.41) is 10.1. The second-order valence-corrected chi connectivity index (χ2v) is 6.64. The summed E-state index contributed by atoms with van der Waals surface area (Å²) >= 11 is 0. The second-order valence-electron chi connectivity index (χ2n) is 6.64. The molecule has 3 heterocycles. The smallest absolute Gasteiger partial charge is 0.269 e. The Kier molecular flexibility index (Phi) is 4.06. The number of fused-ring (bicyclic) bond motifs is 1. The van der Waals surface area contributed by atoms with Crippen LogP contribution < -0.4 is 5.32 Å². The lowest BCUT2D eigenvalue weighted by atomic mass is 9.99. The van der Waals surface area contributed by atoms with E-state index in [0.717, 1.165) is 31.5 Å². The molecule has 1 aromatic heterocycles. The van der Waals surface area contributed by atoms with E-state index >= 15 is 0 Å². The van der Waals surface area contributed by atoms with Crippen molar-refractivity contribution in [2.24, 2.45) is 0 Å². The molecule has 1 amide bonds. The Balaban J connectivity index is 1.44. The molecule has 6 heteroatoms. The van der Waals surface area contributed by atoms with Gasteiger partial charge in [-0.25, -0.2) is 4.39 Å². The summed E-state index contributed by atoms with van der Waals surface area (Å²) in [6.45, 7) is 2.22. The monoisotopic (exact) mass is 328 g/mol. The van der Waals surface area contributed by atoms with E-state index in [2.05, 4.69) is 20.4 Å². The molecule has 0 unspecified atom stereocenters. The molecule has 2 fully saturated rings. The molecule has 5 nitrogen and oxygen atoms in total. The minimum Gasteiger partial charge on any atom is -0.346 e. The van der Waals surface area contributed by atoms with Gasteiger partial charge in [-0.05, 0) is 56.1 Å². The molecule has 4 rings (SSSR count). The van der Waals surface area contributed by atoms with Crippen LogP contribution in [-0.2, 0) is 0 Å². The summed E-state index contributed by atoms with van der Waals surface area (Å²) < 4.78 is 13.0. The Morgan fingerprint density at radius 3 is 2.88 bits per heavy atom. The first-order valence-electron chi connectivity index (χ1n) is 8.57. The van der Waals surface area contributed by atoms with Crippen molar-refractivity contribution in [1.29, 1.82) is 0 Å². The maximum absolute atomic E-state index is 13.0. The standard InChI is InChI=1S/C18H21FN4O/c19-13-6-4-12(5-7-13)15-11-16(22-21-15)18(24)20-14-8-10-23-9-2-1-3-17(14)23/h4-7,11,14,17H,1-3,8-10H2,(H,20,24)(H,21,22)/t14-,17+/m1/s1. The first-order valence-corrected chi connectivity index (χ1v) is 8.57. The van der Waals surface area contributed by atoms with E-state index < -0.39 is 0 Å². The Labute approximate surface area is 140 Å². The van der Waals surface area contributed by atoms with Crippen LogP contribution in [-0.4, -0.2) is 46.2 Å². The number of carbonyl (C=O) groups is 1. The molecule has 2 aromatic rings. The van der Waals surface area contributed by atoms with Gasteiger partial charge in [0.25, 0.3) is 5.91 Å². The number of halogens is 1. The third kappa shape index (κ3) is 2.94. The minimum atomic E-state index is -0.287. The van der Waals surface area contributed by atoms with Gasteiger partial charge in [0, 0.05) is 24.2 Å². The number of amides is 1. The van der Waals surface area contributed by atoms with Gasteiger partial charge in [0.05, 0.1) is 5.69 Å². The van der Waals surface area contributed by atoms with E-state index in [1.807, 2.05) is 0 Å². The molecular weight excluding hydrogens is 307 g/mol. The van der Waals surface area contributed by atoms with E-state index in [1.54, 1.807) is 18.2 Å². The number of nitrogens with zero attached hydrogens (tertiary/aromatic N) is 2. The number of hydrogen-bond acceptors (Lipinski definition) is 3. The Morgan fingerprint density at radius 1 is 1.21 bits per heavy atom. The molecular formula is C18H21FN4O. The minimum absolute atomic E-state index is 0.117. The summed E-state index contributed by atoms with van der Waals surface area (Å²) in [5.41, 5.74) is 1.88. The molecule has 2 N–H and O–H groups in total. The van der Waals surface area contributed by atoms with E-state index in [9.17, 15) is 9.18 Å². The number of hydrogen-bond donors (Lipinski definition) is 2. The number of aromatic nitrogens is 2. The van der Waals surface area contributed by atoms with Crippen LogP contribution in [0.2, 0.25) is 0 Å². The molecule has 0 saturated carbocycles. The van der Waals surface area contributed by atoms with E-state index in [4.69, 9.17) is 0 Å². The molecule has 2 aliphatic rings. The zero-order chi connectivity index (χ0) is 16.5. The van der Waals surface area contributed by atoms with Crippen LogP contribution in [0.15, 0.2) is 30.3 Å². The molecule has 0 bridgehead atoms. The van der Waals surface area contributed by atoms with Crippen molar-refractivity contribution in [2.75, 3.05) is 13.1 Å². The van der Waals surface area contributed by atoms with Crippen LogP contribution in [0.4, 0.5) is 4.39 Å². The number of rotatable bonds is 3. The van der Waals surface area contributed by atoms with Crippen LogP contribution in [0.3, 0.4) is 0 Å². The number of benzene rings is 1. The Hall–Kier alpha value is -2.21. The van der Waals surface area contributed by atoms with Crippen LogP contribution >= 0.6 is 0 Å². The summed E-state index contributed by atoms with van der Waals surface area (Å²) in [7, 11) is 0. The van der Waals surface area contributed by atoms with Crippen LogP contribution in [0, 0.1) is 5.82 Å². The summed E-state index contributed by atoms with van der Waals surface area (Å²) in [6, 6.07) is 8.50. The van der Waals surface area contributed by atoms with E-state index in [0.29, 0.717) is 17.4 Å². The number of H-pyrrole nitrogens is 1. The van der Waals surface area contributed by atoms with Gasteiger partial charge in [-0.2, -0.15) is 5.10 Å². The average molecular weight is 328 g/mol. The Bertz CT molecular complexity index is 727. The van der Waals surface area contributed by atoms with Gasteiger partial charge in [-0.3, -0.25) is 14.8 Å². The zero-order valence-corrected chi connectivity index (χ0v) is 13.5. The normalized spacial score (nSPS) is 23.9. The molecule has 2 saturated heterocycles. The first kappa shape index (κ1) is 15.3. The third-order valence-corrected chi connectivity index (χ3v) is 5.13. The van der Waals surface area contributed by atoms with Gasteiger partial charge >= 0.3 is 0 Å². The predicted molar refractivity (Wildman–Crippen MR) is 89.1 cm³/mol. The van der Waals surface area contributed by atoms with Crippen molar-refractivity contribution in [3.63, 3.8) is 0 Å². The number of piperidine rings is 1. The number of carbonyl (C=O) groups excluding carboxylic acids is 1. The summed E-state index contributed by atoms with van der Waals surface area (Å²) in [6.07, 6.45) is 4.68. The van der Waals surface area contributed by atoms with E-state index in [-0.39, 0.29) is 17.8 Å². The topological polar surface area (TPSA) is 61.0 Å². The summed E-state index contributed by atoms with van der Waals surface area (Å²) in [4.78, 5) is 15.0. The highest BCUT2D eigenvalue weighted by Crippen LogP contribution is 2.27. The summed E-state index contributed by atoms with van der Waals surface area (Å²) in [5.74, 6) is -0.404. The highest BCUT2D eigenvalue weighted by Gasteiger charge is 2.36. The second kappa shape index (κ2) is 6.36. The average Bonchev–Trinajstić information content (AvgIpc) is 3.23. The van der Waals surface area contributed by atoms with Crippen molar-refractivity contribution in [3.05, 3.63) is 41.8 Å². The fourth-order valence-corrected chi connectivity index (χ4v) is 3.87. The maximum atomic E-state index is 13.0. The fourth-order valence-electron chi connectivity index (χ4n) is 3.87. The molecule has 24 heavy (non-hydrogen) atoms. The third-order valence-electron chi connectivity index (χ3n) is 5.13. The number of nitrogens with one attached hydrogen (secondary N) is 2. The van der Waals surface area contributed by atoms with Crippen molar-refractivity contribution in [3.8, 4) is 11.3 Å². The Morgan fingerprint density at radius 2 is 2.04 bits per heavy atom. The number of aromatic amines is 1. The van der Waals surface area contributed by atoms with Gasteiger partial charge in [0.15, 0.2) is 0 Å². The van der Waals surface area contributed by atoms with Crippen LogP contribution in [0.5, 0.6) is 0 Å². The van der Waals surface area contributed by atoms with Crippen molar-refractivity contribution in [1.82, 2.24) is 20.4 Å². The van der Waals surface area contributed by atoms with Gasteiger partial charge in [0.1, 0.15) is 11.5 Å². The highest BCUT2D eigenvalue weighted by atomic mass is 19.1. The highest BCUT2D eigenvalue weighted by molar-refractivity contribution is 5.93. The maximum Gasteiger partial charge on any atom is 0.269 e. The van der Waals surface area contributed by atoms with Crippen molar-refractivity contribution in [2.45, 2.75) is 37.8 Å². The van der Waals surface area contributed by atoms with E-state index in [1.165, 1.54) is 25.0 Å². The lowest BCUT2D eigenvalue weighted by Gasteiger charge is -2.32. The van der Waals surface area contributed by atoms with Gasteiger partial charge in [-0.15, -0.1) is 0 Å². The lowest BCUT2D eigenvalue weighted by Crippen LogP contribution is -2.46. The molecule has 0 radical (unpaired) electrons. The molecule has 2 atom stereocenters. The largest absolute Gasteiger partial charge is 0.346 e. The van der Waals surface area contributed by atoms with Crippen LogP contribution in [0.1, 0.15) is 36.2 Å². The quantitative estimate of drug-likeness (QED) is 0.910. The zero-order valence-electron chi connectivity index (χ0n) is 13.5. The fraction of sp³-hybridized carbons (Fsp3) is 0.444. The SMILES string of the molecule is O=C(N[C@@H]1CCN2CCCC[C@@H]12)c1cc(-c2ccc(F)cc2)n[nH]1. The van der Waals surface area contributed by atoms with Gasteiger partial charge in [0.2, 0.25) is 0 Å². The van der Waals surface area contributed by atoms with Crippen molar-refractivity contribution >= 4 is 5.91 Å². The predicted octanol–water partition coefficient (Wildman–Crippen LogP) is 2.57.